The summed E-state index contributed by atoms with van der Waals surface area (Å²) in [6, 6.07) is 16.0. The van der Waals surface area contributed by atoms with E-state index in [2.05, 4.69) is 33.1 Å². The van der Waals surface area contributed by atoms with Gasteiger partial charge in [-0.3, -0.25) is 5.43 Å². The molecule has 2 aliphatic rings. The largest absolute Gasteiger partial charge is 0.454 e. The van der Waals surface area contributed by atoms with Crippen LogP contribution < -0.4 is 20.3 Å². The molecule has 3 heterocycles. The minimum atomic E-state index is 0.0673. The van der Waals surface area contributed by atoms with Gasteiger partial charge in [-0.2, -0.15) is 4.98 Å². The highest BCUT2D eigenvalue weighted by atomic mass is 16.7. The highest BCUT2D eigenvalue weighted by molar-refractivity contribution is 5.61. The van der Waals surface area contributed by atoms with E-state index in [0.717, 1.165) is 17.9 Å². The number of nitrogens with zero attached hydrogens (tertiary/aromatic N) is 2. The molecule has 7 nitrogen and oxygen atoms in total. The molecular formula is C18H16N4O3. The van der Waals surface area contributed by atoms with Crippen LogP contribution in [-0.2, 0) is 0 Å². The van der Waals surface area contributed by atoms with E-state index in [0.29, 0.717) is 17.5 Å². The molecule has 3 aromatic rings. The normalized spacial score (nSPS) is 21.6. The zero-order chi connectivity index (χ0) is 16.6. The van der Waals surface area contributed by atoms with Crippen molar-refractivity contribution in [2.24, 2.45) is 0 Å². The third-order valence-corrected chi connectivity index (χ3v) is 4.53. The van der Waals surface area contributed by atoms with Crippen molar-refractivity contribution < 1.29 is 14.0 Å². The van der Waals surface area contributed by atoms with Crippen LogP contribution in [0.15, 0.2) is 53.1 Å². The summed E-state index contributed by atoms with van der Waals surface area (Å²) in [7, 11) is 0. The third-order valence-electron chi connectivity index (χ3n) is 4.53. The van der Waals surface area contributed by atoms with Gasteiger partial charge < -0.3 is 14.0 Å². The van der Waals surface area contributed by atoms with Crippen molar-refractivity contribution in [3.05, 3.63) is 60.0 Å². The number of benzene rings is 2. The Balaban J connectivity index is 1.44. The smallest absolute Gasteiger partial charge is 0.233 e. The maximum atomic E-state index is 5.56. The van der Waals surface area contributed by atoms with Crippen LogP contribution in [0.25, 0.3) is 11.4 Å². The SMILES string of the molecule is c1ccc(C2NNCC2c2nc(-c3ccc4c(c3)OCO4)no2)cc1. The van der Waals surface area contributed by atoms with Crippen LogP contribution in [-0.4, -0.2) is 23.5 Å². The lowest BCUT2D eigenvalue weighted by atomic mass is 9.95. The van der Waals surface area contributed by atoms with Crippen LogP contribution in [0.3, 0.4) is 0 Å². The maximum Gasteiger partial charge on any atom is 0.233 e. The number of hydrogen-bond acceptors (Lipinski definition) is 7. The predicted molar refractivity (Wildman–Crippen MR) is 88.9 cm³/mol. The quantitative estimate of drug-likeness (QED) is 0.760. The lowest BCUT2D eigenvalue weighted by molar-refractivity contribution is 0.174. The minimum absolute atomic E-state index is 0.0673. The van der Waals surface area contributed by atoms with Crippen LogP contribution >= 0.6 is 0 Å². The van der Waals surface area contributed by atoms with Gasteiger partial charge in [0.05, 0.1) is 12.0 Å². The molecule has 0 spiro atoms. The first-order chi connectivity index (χ1) is 12.4. The second-order valence-electron chi connectivity index (χ2n) is 6.04. The van der Waals surface area contributed by atoms with Crippen molar-refractivity contribution in [2.75, 3.05) is 13.3 Å². The Morgan fingerprint density at radius 3 is 2.80 bits per heavy atom. The molecule has 126 valence electrons. The van der Waals surface area contributed by atoms with E-state index in [1.807, 2.05) is 36.4 Å². The standard InChI is InChI=1S/C18H16N4O3/c1-2-4-11(5-3-1)16-13(9-19-21-16)18-20-17(22-25-18)12-6-7-14-15(8-12)24-10-23-14/h1-8,13,16,19,21H,9-10H2. The Kier molecular flexibility index (Phi) is 3.39. The lowest BCUT2D eigenvalue weighted by Gasteiger charge is -2.15. The second-order valence-corrected chi connectivity index (χ2v) is 6.04. The minimum Gasteiger partial charge on any atom is -0.454 e. The fraction of sp³-hybridized carbons (Fsp3) is 0.222. The molecule has 25 heavy (non-hydrogen) atoms. The Morgan fingerprint density at radius 2 is 1.88 bits per heavy atom. The van der Waals surface area contributed by atoms with E-state index < -0.39 is 0 Å². The summed E-state index contributed by atoms with van der Waals surface area (Å²) in [5.74, 6) is 2.67. The van der Waals surface area contributed by atoms with Gasteiger partial charge in [-0.1, -0.05) is 35.5 Å². The van der Waals surface area contributed by atoms with Crippen LogP contribution in [0.5, 0.6) is 11.5 Å². The number of nitrogens with one attached hydrogen (secondary N) is 2. The Labute approximate surface area is 143 Å². The number of fused-ring (bicyclic) bond motifs is 1. The summed E-state index contributed by atoms with van der Waals surface area (Å²) in [6.07, 6.45) is 0. The predicted octanol–water partition coefficient (Wildman–Crippen LogP) is 2.40. The van der Waals surface area contributed by atoms with Gasteiger partial charge in [-0.15, -0.1) is 0 Å². The summed E-state index contributed by atoms with van der Waals surface area (Å²) in [5.41, 5.74) is 8.50. The van der Waals surface area contributed by atoms with Gasteiger partial charge in [-0.05, 0) is 23.8 Å². The molecule has 1 fully saturated rings. The van der Waals surface area contributed by atoms with Crippen LogP contribution in [0.1, 0.15) is 23.4 Å². The van der Waals surface area contributed by atoms with Crippen molar-refractivity contribution in [2.45, 2.75) is 12.0 Å². The highest BCUT2D eigenvalue weighted by Crippen LogP contribution is 2.36. The molecule has 0 saturated carbocycles. The molecule has 7 heteroatoms. The lowest BCUT2D eigenvalue weighted by Crippen LogP contribution is -2.24. The van der Waals surface area contributed by atoms with Crippen molar-refractivity contribution >= 4 is 0 Å². The highest BCUT2D eigenvalue weighted by Gasteiger charge is 2.34. The average Bonchev–Trinajstić information content (AvgIpc) is 3.40. The molecule has 0 radical (unpaired) electrons. The van der Waals surface area contributed by atoms with Crippen LogP contribution in [0.4, 0.5) is 0 Å². The van der Waals surface area contributed by atoms with Gasteiger partial charge in [0.15, 0.2) is 11.5 Å². The first-order valence-electron chi connectivity index (χ1n) is 8.15. The van der Waals surface area contributed by atoms with Gasteiger partial charge in [0.2, 0.25) is 18.5 Å². The fourth-order valence-electron chi connectivity index (χ4n) is 3.24. The summed E-state index contributed by atoms with van der Waals surface area (Å²) < 4.78 is 16.3. The zero-order valence-electron chi connectivity index (χ0n) is 13.3. The van der Waals surface area contributed by atoms with Gasteiger partial charge in [-0.25, -0.2) is 5.43 Å². The average molecular weight is 336 g/mol. The third kappa shape index (κ3) is 2.54. The molecule has 1 saturated heterocycles. The Morgan fingerprint density at radius 1 is 1.00 bits per heavy atom. The van der Waals surface area contributed by atoms with Crippen molar-refractivity contribution in [1.29, 1.82) is 0 Å². The van der Waals surface area contributed by atoms with Gasteiger partial charge in [0, 0.05) is 12.1 Å². The van der Waals surface area contributed by atoms with E-state index in [1.165, 1.54) is 5.56 Å². The first kappa shape index (κ1) is 14.4. The fourth-order valence-corrected chi connectivity index (χ4v) is 3.24. The zero-order valence-corrected chi connectivity index (χ0v) is 13.3. The number of aromatic nitrogens is 2. The second kappa shape index (κ2) is 5.87. The molecule has 0 aliphatic carbocycles. The Hall–Kier alpha value is -2.90. The molecule has 0 amide bonds. The van der Waals surface area contributed by atoms with Crippen LogP contribution in [0.2, 0.25) is 0 Å². The summed E-state index contributed by atoms with van der Waals surface area (Å²) in [4.78, 5) is 4.61. The molecule has 2 atom stereocenters. The summed E-state index contributed by atoms with van der Waals surface area (Å²) >= 11 is 0. The monoisotopic (exact) mass is 336 g/mol. The maximum absolute atomic E-state index is 5.56. The van der Waals surface area contributed by atoms with Crippen molar-refractivity contribution in [1.82, 2.24) is 21.0 Å². The molecular weight excluding hydrogens is 320 g/mol. The molecule has 2 aliphatic heterocycles. The van der Waals surface area contributed by atoms with Gasteiger partial charge in [0.25, 0.3) is 0 Å². The summed E-state index contributed by atoms with van der Waals surface area (Å²) in [6.45, 7) is 0.969. The number of rotatable bonds is 3. The van der Waals surface area contributed by atoms with E-state index in [9.17, 15) is 0 Å². The van der Waals surface area contributed by atoms with Crippen molar-refractivity contribution in [3.63, 3.8) is 0 Å². The topological polar surface area (TPSA) is 81.4 Å². The molecule has 2 unspecified atom stereocenters. The number of ether oxygens (including phenoxy) is 2. The van der Waals surface area contributed by atoms with E-state index >= 15 is 0 Å². The number of hydrazine groups is 1. The number of hydrogen-bond donors (Lipinski definition) is 2. The molecule has 1 aromatic heterocycles. The first-order valence-corrected chi connectivity index (χ1v) is 8.15. The van der Waals surface area contributed by atoms with Crippen LogP contribution in [0, 0.1) is 0 Å². The van der Waals surface area contributed by atoms with Crippen molar-refractivity contribution in [3.8, 4) is 22.9 Å². The Bertz CT molecular complexity index is 896. The van der Waals surface area contributed by atoms with E-state index in [-0.39, 0.29) is 18.8 Å². The van der Waals surface area contributed by atoms with E-state index in [4.69, 9.17) is 14.0 Å². The summed E-state index contributed by atoms with van der Waals surface area (Å²) in [5, 5.41) is 4.15. The molecule has 2 aromatic carbocycles. The van der Waals surface area contributed by atoms with Gasteiger partial charge in [0.1, 0.15) is 0 Å². The molecule has 5 rings (SSSR count). The molecule has 0 bridgehead atoms. The van der Waals surface area contributed by atoms with Gasteiger partial charge >= 0.3 is 0 Å². The molecule has 2 N–H and O–H groups in total. The van der Waals surface area contributed by atoms with E-state index in [1.54, 1.807) is 0 Å².